The summed E-state index contributed by atoms with van der Waals surface area (Å²) in [5, 5.41) is 0.769. The van der Waals surface area contributed by atoms with E-state index in [0.717, 1.165) is 36.8 Å². The largest absolute Gasteiger partial charge is 0.381 e. The Morgan fingerprint density at radius 1 is 1.22 bits per heavy atom. The van der Waals surface area contributed by atoms with Crippen molar-refractivity contribution in [1.29, 1.82) is 0 Å². The van der Waals surface area contributed by atoms with Gasteiger partial charge < -0.3 is 14.2 Å². The monoisotopic (exact) mass is 316 g/mol. The van der Waals surface area contributed by atoms with E-state index in [0.29, 0.717) is 23.6 Å². The molecule has 1 aliphatic carbocycles. The summed E-state index contributed by atoms with van der Waals surface area (Å²) in [6, 6.07) is 6.43. The summed E-state index contributed by atoms with van der Waals surface area (Å²) in [6.45, 7) is 1.51. The maximum atomic E-state index is 13.4. The second kappa shape index (κ2) is 5.34. The number of carbonyl (C=O) groups is 1. The fourth-order valence-corrected chi connectivity index (χ4v) is 4.41. The summed E-state index contributed by atoms with van der Waals surface area (Å²) in [4.78, 5) is 14.9. The van der Waals surface area contributed by atoms with Crippen molar-refractivity contribution in [2.75, 3.05) is 20.2 Å². The quantitative estimate of drug-likeness (QED) is 0.854. The maximum Gasteiger partial charge on any atom is 0.270 e. The molecule has 1 saturated heterocycles. The Hall–Kier alpha value is -1.88. The van der Waals surface area contributed by atoms with E-state index in [2.05, 4.69) is 0 Å². The summed E-state index contributed by atoms with van der Waals surface area (Å²) in [5.41, 5.74) is 1.50. The number of fused-ring (bicyclic) bond motifs is 3. The second-order valence-corrected chi connectivity index (χ2v) is 6.80. The third-order valence-corrected chi connectivity index (χ3v) is 5.53. The molecule has 1 aromatic carbocycles. The lowest BCUT2D eigenvalue weighted by atomic mass is 9.94. The lowest BCUT2D eigenvalue weighted by Crippen LogP contribution is -2.48. The van der Waals surface area contributed by atoms with E-state index in [1.165, 1.54) is 12.1 Å². The number of aromatic nitrogens is 1. The first-order chi connectivity index (χ1) is 11.1. The average molecular weight is 316 g/mol. The molecular weight excluding hydrogens is 295 g/mol. The summed E-state index contributed by atoms with van der Waals surface area (Å²) in [5.74, 6) is 0.640. The van der Waals surface area contributed by atoms with Gasteiger partial charge in [0.25, 0.3) is 5.91 Å². The molecule has 2 fully saturated rings. The van der Waals surface area contributed by atoms with Gasteiger partial charge in [-0.05, 0) is 37.1 Å². The number of halogens is 1. The van der Waals surface area contributed by atoms with Crippen LogP contribution in [0.5, 0.6) is 0 Å². The van der Waals surface area contributed by atoms with Crippen molar-refractivity contribution in [3.8, 4) is 0 Å². The number of nitrogens with zero attached hydrogens (tertiary/aromatic N) is 2. The molecule has 2 bridgehead atoms. The van der Waals surface area contributed by atoms with Gasteiger partial charge in [0, 0.05) is 50.0 Å². The van der Waals surface area contributed by atoms with Crippen molar-refractivity contribution < 1.29 is 13.9 Å². The van der Waals surface area contributed by atoms with Crippen molar-refractivity contribution in [3.63, 3.8) is 0 Å². The number of piperidine rings is 1. The number of methoxy groups -OCH3 is 1. The standard InChI is InChI=1S/C18H21FN2O2/c1-20-15-6-5-14(19)7-13(15)8-16(20)18(22)21-9-11-3-4-12(10-21)17(11)23-2/h5-8,11-12,17H,3-4,9-10H2,1-2H3/t11-,12+,17?. The number of ether oxygens (including phenoxy) is 1. The molecule has 1 amide bonds. The van der Waals surface area contributed by atoms with Crippen LogP contribution in [0.1, 0.15) is 23.3 Å². The molecule has 1 aliphatic heterocycles. The highest BCUT2D eigenvalue weighted by atomic mass is 19.1. The van der Waals surface area contributed by atoms with Gasteiger partial charge in [0.15, 0.2) is 0 Å². The van der Waals surface area contributed by atoms with Gasteiger partial charge in [-0.25, -0.2) is 4.39 Å². The minimum absolute atomic E-state index is 0.0376. The summed E-state index contributed by atoms with van der Waals surface area (Å²) in [6.07, 6.45) is 2.56. The number of amides is 1. The van der Waals surface area contributed by atoms with E-state index in [1.807, 2.05) is 16.5 Å². The molecule has 5 heteroatoms. The molecule has 2 heterocycles. The maximum absolute atomic E-state index is 13.4. The Labute approximate surface area is 134 Å². The van der Waals surface area contributed by atoms with Gasteiger partial charge in [0.05, 0.1) is 6.10 Å². The Morgan fingerprint density at radius 3 is 2.57 bits per heavy atom. The van der Waals surface area contributed by atoms with Crippen LogP contribution in [0.3, 0.4) is 0 Å². The molecule has 2 aliphatic rings. The topological polar surface area (TPSA) is 34.5 Å². The second-order valence-electron chi connectivity index (χ2n) is 6.80. The zero-order chi connectivity index (χ0) is 16.1. The molecule has 0 spiro atoms. The molecule has 1 saturated carbocycles. The van der Waals surface area contributed by atoms with Gasteiger partial charge in [-0.1, -0.05) is 0 Å². The summed E-state index contributed by atoms with van der Waals surface area (Å²) >= 11 is 0. The Balaban J connectivity index is 1.64. The average Bonchev–Trinajstić information content (AvgIpc) is 2.99. The highest BCUT2D eigenvalue weighted by Gasteiger charge is 2.43. The lowest BCUT2D eigenvalue weighted by Gasteiger charge is -2.37. The minimum atomic E-state index is -0.277. The van der Waals surface area contributed by atoms with Crippen LogP contribution in [-0.2, 0) is 11.8 Å². The zero-order valence-corrected chi connectivity index (χ0v) is 13.5. The lowest BCUT2D eigenvalue weighted by molar-refractivity contribution is -0.0116. The van der Waals surface area contributed by atoms with E-state index in [1.54, 1.807) is 19.2 Å². The van der Waals surface area contributed by atoms with Gasteiger partial charge in [0.1, 0.15) is 11.5 Å². The normalized spacial score (nSPS) is 26.9. The highest BCUT2D eigenvalue weighted by molar-refractivity contribution is 5.98. The van der Waals surface area contributed by atoms with Crippen LogP contribution >= 0.6 is 0 Å². The summed E-state index contributed by atoms with van der Waals surface area (Å²) in [7, 11) is 3.63. The van der Waals surface area contributed by atoms with Crippen molar-refractivity contribution in [3.05, 3.63) is 35.8 Å². The molecule has 122 valence electrons. The van der Waals surface area contributed by atoms with Crippen LogP contribution in [0.25, 0.3) is 10.9 Å². The molecule has 1 unspecified atom stereocenters. The SMILES string of the molecule is COC1[C@@H]2CC[C@H]1CN(C(=O)c1cc3cc(F)ccc3n1C)C2. The van der Waals surface area contributed by atoms with E-state index in [9.17, 15) is 9.18 Å². The van der Waals surface area contributed by atoms with Crippen LogP contribution in [0.15, 0.2) is 24.3 Å². The molecule has 1 aromatic heterocycles. The number of carbonyl (C=O) groups excluding carboxylic acids is 1. The van der Waals surface area contributed by atoms with Crippen molar-refractivity contribution in [1.82, 2.24) is 9.47 Å². The van der Waals surface area contributed by atoms with Crippen LogP contribution in [0.2, 0.25) is 0 Å². The van der Waals surface area contributed by atoms with E-state index in [-0.39, 0.29) is 11.7 Å². The predicted octanol–water partition coefficient (Wildman–Crippen LogP) is 2.81. The molecule has 0 N–H and O–H groups in total. The number of benzene rings is 1. The smallest absolute Gasteiger partial charge is 0.270 e. The van der Waals surface area contributed by atoms with Gasteiger partial charge in [-0.15, -0.1) is 0 Å². The van der Waals surface area contributed by atoms with Gasteiger partial charge in [0.2, 0.25) is 0 Å². The van der Waals surface area contributed by atoms with E-state index < -0.39 is 0 Å². The number of hydrogen-bond donors (Lipinski definition) is 0. The van der Waals surface area contributed by atoms with Crippen molar-refractivity contribution in [2.24, 2.45) is 18.9 Å². The first-order valence-corrected chi connectivity index (χ1v) is 8.15. The van der Waals surface area contributed by atoms with Crippen molar-refractivity contribution in [2.45, 2.75) is 18.9 Å². The van der Waals surface area contributed by atoms with Crippen LogP contribution in [0.4, 0.5) is 4.39 Å². The van der Waals surface area contributed by atoms with Gasteiger partial charge in [-0.3, -0.25) is 4.79 Å². The molecule has 2 aromatic rings. The third-order valence-electron chi connectivity index (χ3n) is 5.53. The van der Waals surface area contributed by atoms with Crippen molar-refractivity contribution >= 4 is 16.8 Å². The molecule has 4 rings (SSSR count). The Morgan fingerprint density at radius 2 is 1.91 bits per heavy atom. The number of likely N-dealkylation sites (tertiary alicyclic amines) is 1. The van der Waals surface area contributed by atoms with Crippen LogP contribution in [0, 0.1) is 17.7 Å². The highest BCUT2D eigenvalue weighted by Crippen LogP contribution is 2.39. The fourth-order valence-electron chi connectivity index (χ4n) is 4.41. The van der Waals surface area contributed by atoms with E-state index >= 15 is 0 Å². The third kappa shape index (κ3) is 2.26. The van der Waals surface area contributed by atoms with Crippen LogP contribution in [-0.4, -0.2) is 41.7 Å². The minimum Gasteiger partial charge on any atom is -0.381 e. The Bertz CT molecular complexity index is 756. The molecule has 0 radical (unpaired) electrons. The molecule has 3 atom stereocenters. The van der Waals surface area contributed by atoms with Gasteiger partial charge in [-0.2, -0.15) is 0 Å². The zero-order valence-electron chi connectivity index (χ0n) is 13.5. The molecule has 23 heavy (non-hydrogen) atoms. The first kappa shape index (κ1) is 14.7. The Kier molecular flexibility index (Phi) is 3.41. The fraction of sp³-hybridized carbons (Fsp3) is 0.500. The number of hydrogen-bond acceptors (Lipinski definition) is 2. The number of rotatable bonds is 2. The predicted molar refractivity (Wildman–Crippen MR) is 85.8 cm³/mol. The van der Waals surface area contributed by atoms with E-state index in [4.69, 9.17) is 4.74 Å². The molecule has 4 nitrogen and oxygen atoms in total. The van der Waals surface area contributed by atoms with Gasteiger partial charge >= 0.3 is 0 Å². The molecular formula is C18H21FN2O2. The summed E-state index contributed by atoms with van der Waals surface area (Å²) < 4.78 is 20.9. The number of aryl methyl sites for hydroxylation is 1. The van der Waals surface area contributed by atoms with Crippen LogP contribution < -0.4 is 0 Å². The first-order valence-electron chi connectivity index (χ1n) is 8.15.